The van der Waals surface area contributed by atoms with Crippen molar-refractivity contribution >= 4 is 27.3 Å². The summed E-state index contributed by atoms with van der Waals surface area (Å²) in [4.78, 5) is 11.9. The third-order valence-electron chi connectivity index (χ3n) is 2.15. The predicted octanol–water partition coefficient (Wildman–Crippen LogP) is 2.04. The molecule has 2 N–H and O–H groups in total. The van der Waals surface area contributed by atoms with Gasteiger partial charge in [0, 0.05) is 5.41 Å². The molecule has 0 spiro atoms. The molecule has 6 heteroatoms. The van der Waals surface area contributed by atoms with Crippen LogP contribution in [-0.2, 0) is 14.8 Å². The van der Waals surface area contributed by atoms with Crippen LogP contribution in [0.15, 0.2) is 24.3 Å². The zero-order valence-corrected chi connectivity index (χ0v) is 11.8. The minimum absolute atomic E-state index is 0.176. The van der Waals surface area contributed by atoms with Gasteiger partial charge in [-0.3, -0.25) is 9.52 Å². The number of para-hydroxylation sites is 2. The van der Waals surface area contributed by atoms with Crippen LogP contribution in [0.2, 0.25) is 0 Å². The molecular weight excluding hydrogens is 252 g/mol. The molecule has 0 aliphatic heterocycles. The van der Waals surface area contributed by atoms with E-state index in [9.17, 15) is 13.2 Å². The van der Waals surface area contributed by atoms with Crippen LogP contribution in [0.3, 0.4) is 0 Å². The topological polar surface area (TPSA) is 75.3 Å². The summed E-state index contributed by atoms with van der Waals surface area (Å²) in [6.45, 7) is 5.36. The van der Waals surface area contributed by atoms with Crippen molar-refractivity contribution in [1.29, 1.82) is 0 Å². The number of sulfonamides is 1. The van der Waals surface area contributed by atoms with Gasteiger partial charge >= 0.3 is 0 Å². The van der Waals surface area contributed by atoms with Crippen LogP contribution in [0, 0.1) is 5.41 Å². The highest BCUT2D eigenvalue weighted by atomic mass is 32.2. The van der Waals surface area contributed by atoms with Gasteiger partial charge in [-0.1, -0.05) is 32.9 Å². The van der Waals surface area contributed by atoms with Crippen LogP contribution >= 0.6 is 0 Å². The fourth-order valence-corrected chi connectivity index (χ4v) is 1.77. The Bertz CT molecular complexity index is 545. The molecule has 0 atom stereocenters. The molecule has 1 amide bonds. The van der Waals surface area contributed by atoms with Crippen molar-refractivity contribution in [2.75, 3.05) is 16.3 Å². The van der Waals surface area contributed by atoms with Crippen molar-refractivity contribution < 1.29 is 13.2 Å². The molecule has 0 saturated carbocycles. The van der Waals surface area contributed by atoms with E-state index in [1.54, 1.807) is 45.0 Å². The van der Waals surface area contributed by atoms with Crippen molar-refractivity contribution in [2.45, 2.75) is 20.8 Å². The first-order valence-corrected chi connectivity index (χ1v) is 7.37. The summed E-state index contributed by atoms with van der Waals surface area (Å²) in [7, 11) is -3.37. The number of rotatable bonds is 3. The molecular formula is C12H18N2O3S. The summed E-state index contributed by atoms with van der Waals surface area (Å²) in [5.74, 6) is -0.176. The highest BCUT2D eigenvalue weighted by molar-refractivity contribution is 7.92. The van der Waals surface area contributed by atoms with E-state index in [2.05, 4.69) is 10.0 Å². The van der Waals surface area contributed by atoms with Gasteiger partial charge in [-0.05, 0) is 12.1 Å². The fourth-order valence-electron chi connectivity index (χ4n) is 1.19. The first-order chi connectivity index (χ1) is 8.09. The average molecular weight is 270 g/mol. The molecule has 0 radical (unpaired) electrons. The van der Waals surface area contributed by atoms with Crippen molar-refractivity contribution in [2.24, 2.45) is 5.41 Å². The maximum absolute atomic E-state index is 11.9. The van der Waals surface area contributed by atoms with Gasteiger partial charge < -0.3 is 5.32 Å². The molecule has 5 nitrogen and oxygen atoms in total. The maximum atomic E-state index is 11.9. The smallest absolute Gasteiger partial charge is 0.229 e. The van der Waals surface area contributed by atoms with E-state index in [4.69, 9.17) is 0 Å². The number of benzene rings is 1. The Hall–Kier alpha value is -1.56. The molecule has 1 aromatic rings. The van der Waals surface area contributed by atoms with Crippen LogP contribution in [0.5, 0.6) is 0 Å². The number of anilines is 2. The molecule has 0 unspecified atom stereocenters. The molecule has 0 heterocycles. The molecule has 18 heavy (non-hydrogen) atoms. The molecule has 0 aromatic heterocycles. The number of carbonyl (C=O) groups is 1. The molecule has 0 fully saturated rings. The van der Waals surface area contributed by atoms with Gasteiger partial charge in [0.2, 0.25) is 15.9 Å². The fraction of sp³-hybridized carbons (Fsp3) is 0.417. The van der Waals surface area contributed by atoms with Gasteiger partial charge in [0.25, 0.3) is 0 Å². The minimum atomic E-state index is -3.37. The predicted molar refractivity (Wildman–Crippen MR) is 73.0 cm³/mol. The van der Waals surface area contributed by atoms with Crippen molar-refractivity contribution in [3.63, 3.8) is 0 Å². The van der Waals surface area contributed by atoms with E-state index < -0.39 is 15.4 Å². The van der Waals surface area contributed by atoms with Gasteiger partial charge in [0.05, 0.1) is 17.6 Å². The van der Waals surface area contributed by atoms with E-state index in [0.29, 0.717) is 11.4 Å². The molecule has 1 aromatic carbocycles. The Labute approximate surface area is 108 Å². The number of hydrogen-bond acceptors (Lipinski definition) is 3. The average Bonchev–Trinajstić information content (AvgIpc) is 2.17. The Kier molecular flexibility index (Phi) is 4.01. The van der Waals surface area contributed by atoms with Gasteiger partial charge in [0.1, 0.15) is 0 Å². The van der Waals surface area contributed by atoms with Gasteiger partial charge in [-0.25, -0.2) is 8.42 Å². The zero-order valence-electron chi connectivity index (χ0n) is 10.9. The first-order valence-electron chi connectivity index (χ1n) is 5.48. The molecule has 0 aliphatic rings. The second-order valence-corrected chi connectivity index (χ2v) is 6.87. The zero-order chi connectivity index (χ0) is 14.0. The normalized spacial score (nSPS) is 12.0. The first kappa shape index (κ1) is 14.5. The summed E-state index contributed by atoms with van der Waals surface area (Å²) in [5, 5.41) is 2.71. The second-order valence-electron chi connectivity index (χ2n) is 5.12. The highest BCUT2D eigenvalue weighted by Gasteiger charge is 2.22. The van der Waals surface area contributed by atoms with Crippen LogP contribution in [-0.4, -0.2) is 20.6 Å². The summed E-state index contributed by atoms with van der Waals surface area (Å²) in [5.41, 5.74) is 0.263. The summed E-state index contributed by atoms with van der Waals surface area (Å²) >= 11 is 0. The standard InChI is InChI=1S/C12H18N2O3S/c1-12(2,3)11(15)13-9-7-5-6-8-10(9)14-18(4,16)17/h5-8,14H,1-4H3,(H,13,15). The van der Waals surface area contributed by atoms with E-state index >= 15 is 0 Å². The van der Waals surface area contributed by atoms with Gasteiger partial charge in [-0.15, -0.1) is 0 Å². The lowest BCUT2D eigenvalue weighted by Gasteiger charge is -2.19. The highest BCUT2D eigenvalue weighted by Crippen LogP contribution is 2.24. The third kappa shape index (κ3) is 4.37. The lowest BCUT2D eigenvalue weighted by Crippen LogP contribution is -2.28. The monoisotopic (exact) mass is 270 g/mol. The van der Waals surface area contributed by atoms with Crippen LogP contribution in [0.1, 0.15) is 20.8 Å². The van der Waals surface area contributed by atoms with E-state index in [1.807, 2.05) is 0 Å². The lowest BCUT2D eigenvalue weighted by atomic mass is 9.95. The molecule has 100 valence electrons. The Morgan fingerprint density at radius 3 is 2.06 bits per heavy atom. The van der Waals surface area contributed by atoms with E-state index in [0.717, 1.165) is 6.26 Å². The van der Waals surface area contributed by atoms with Crippen molar-refractivity contribution in [3.05, 3.63) is 24.3 Å². The van der Waals surface area contributed by atoms with Crippen LogP contribution in [0.25, 0.3) is 0 Å². The summed E-state index contributed by atoms with van der Waals surface area (Å²) in [6, 6.07) is 6.67. The molecule has 0 saturated heterocycles. The maximum Gasteiger partial charge on any atom is 0.229 e. The number of nitrogens with one attached hydrogen (secondary N) is 2. The Morgan fingerprint density at radius 1 is 1.11 bits per heavy atom. The van der Waals surface area contributed by atoms with Crippen molar-refractivity contribution in [1.82, 2.24) is 0 Å². The minimum Gasteiger partial charge on any atom is -0.324 e. The lowest BCUT2D eigenvalue weighted by molar-refractivity contribution is -0.123. The van der Waals surface area contributed by atoms with Gasteiger partial charge in [0.15, 0.2) is 0 Å². The van der Waals surface area contributed by atoms with E-state index in [-0.39, 0.29) is 5.91 Å². The number of hydrogen-bond donors (Lipinski definition) is 2. The number of amides is 1. The molecule has 1 rings (SSSR count). The SMILES string of the molecule is CC(C)(C)C(=O)Nc1ccccc1NS(C)(=O)=O. The third-order valence-corrected chi connectivity index (χ3v) is 2.74. The van der Waals surface area contributed by atoms with Crippen LogP contribution in [0.4, 0.5) is 11.4 Å². The Balaban J connectivity index is 3.00. The molecule has 0 bridgehead atoms. The quantitative estimate of drug-likeness (QED) is 0.882. The van der Waals surface area contributed by atoms with E-state index in [1.165, 1.54) is 0 Å². The summed E-state index contributed by atoms with van der Waals surface area (Å²) < 4.78 is 24.8. The second kappa shape index (κ2) is 4.97. The van der Waals surface area contributed by atoms with Crippen LogP contribution < -0.4 is 10.0 Å². The molecule has 0 aliphatic carbocycles. The largest absolute Gasteiger partial charge is 0.324 e. The number of carbonyl (C=O) groups excluding carboxylic acids is 1. The summed E-state index contributed by atoms with van der Waals surface area (Å²) in [6.07, 6.45) is 1.06. The Morgan fingerprint density at radius 2 is 1.61 bits per heavy atom. The van der Waals surface area contributed by atoms with Crippen molar-refractivity contribution in [3.8, 4) is 0 Å². The van der Waals surface area contributed by atoms with Gasteiger partial charge in [-0.2, -0.15) is 0 Å².